The van der Waals surface area contributed by atoms with Crippen molar-refractivity contribution in [3.05, 3.63) is 40.8 Å². The van der Waals surface area contributed by atoms with Crippen LogP contribution < -0.4 is 15.7 Å². The molecule has 1 saturated carbocycles. The first kappa shape index (κ1) is 18.4. The Hall–Kier alpha value is -2.96. The highest BCUT2D eigenvalue weighted by Gasteiger charge is 2.61. The van der Waals surface area contributed by atoms with Gasteiger partial charge in [0.15, 0.2) is 0 Å². The summed E-state index contributed by atoms with van der Waals surface area (Å²) < 4.78 is 10.7. The van der Waals surface area contributed by atoms with Crippen LogP contribution in [-0.2, 0) is 14.4 Å². The van der Waals surface area contributed by atoms with Crippen LogP contribution in [0.4, 0.5) is 0 Å². The van der Waals surface area contributed by atoms with Crippen LogP contribution in [0.15, 0.2) is 39.5 Å². The van der Waals surface area contributed by atoms with Crippen LogP contribution in [0.3, 0.4) is 0 Å². The van der Waals surface area contributed by atoms with Crippen LogP contribution in [0, 0.1) is 16.2 Å². The molecular weight excluding hydrogens is 362 g/mol. The molecule has 1 N–H and O–H groups in total. The highest BCUT2D eigenvalue weighted by molar-refractivity contribution is 6.04. The molecule has 2 heterocycles. The van der Waals surface area contributed by atoms with E-state index in [1.165, 1.54) is 12.1 Å². The van der Waals surface area contributed by atoms with Gasteiger partial charge in [0.25, 0.3) is 0 Å². The van der Waals surface area contributed by atoms with Gasteiger partial charge in [0.05, 0.1) is 5.41 Å². The Labute approximate surface area is 161 Å². The largest absolute Gasteiger partial charge is 0.426 e. The number of hydrogen-bond acceptors (Lipinski definition) is 6. The first-order chi connectivity index (χ1) is 13.0. The van der Waals surface area contributed by atoms with Crippen molar-refractivity contribution in [1.29, 1.82) is 0 Å². The molecular formula is C21H21NO6. The quantitative estimate of drug-likeness (QED) is 0.370. The fourth-order valence-corrected chi connectivity index (χ4v) is 4.98. The molecule has 2 fully saturated rings. The van der Waals surface area contributed by atoms with Crippen LogP contribution in [0.2, 0.25) is 0 Å². The predicted octanol–water partition coefficient (Wildman–Crippen LogP) is 2.56. The van der Waals surface area contributed by atoms with Crippen LogP contribution in [-0.4, -0.2) is 17.8 Å². The van der Waals surface area contributed by atoms with Gasteiger partial charge in [-0.2, -0.15) is 0 Å². The van der Waals surface area contributed by atoms with Gasteiger partial charge in [-0.05, 0) is 44.4 Å². The van der Waals surface area contributed by atoms with Gasteiger partial charge >= 0.3 is 11.6 Å². The third kappa shape index (κ3) is 2.82. The lowest BCUT2D eigenvalue weighted by atomic mass is 9.52. The zero-order chi connectivity index (χ0) is 20.3. The SMILES string of the molecule is CC1(C(=O)Oc2ccc3ccc(=O)oc3c2)C[C@@]2(C)C[C@@](C)(C1)C(=O)NC2=O. The minimum absolute atomic E-state index is 0.245. The number of imide groups is 1. The molecule has 0 radical (unpaired) electrons. The Morgan fingerprint density at radius 2 is 1.57 bits per heavy atom. The van der Waals surface area contributed by atoms with E-state index in [0.717, 1.165) is 0 Å². The standard InChI is InChI=1S/C21H21NO6/c1-19-9-20(2,17(25)22-16(19)24)11-21(3,10-19)18(26)27-13-6-4-12-5-7-15(23)28-14(12)8-13/h4-8H,9-11H2,1-3H3,(H,22,24,25)/t19-,20+,21?. The van der Waals surface area contributed by atoms with Crippen molar-refractivity contribution in [2.75, 3.05) is 0 Å². The zero-order valence-electron chi connectivity index (χ0n) is 16.0. The van der Waals surface area contributed by atoms with Crippen molar-refractivity contribution < 1.29 is 23.5 Å². The van der Waals surface area contributed by atoms with Gasteiger partial charge in [-0.3, -0.25) is 19.7 Å². The lowest BCUT2D eigenvalue weighted by Gasteiger charge is -2.52. The second-order valence-corrected chi connectivity index (χ2v) is 8.84. The number of hydrogen-bond donors (Lipinski definition) is 1. The Morgan fingerprint density at radius 3 is 2.21 bits per heavy atom. The Morgan fingerprint density at radius 1 is 0.964 bits per heavy atom. The molecule has 1 aromatic carbocycles. The normalized spacial score (nSPS) is 32.1. The number of piperidine rings is 1. The summed E-state index contributed by atoms with van der Waals surface area (Å²) in [6, 6.07) is 7.75. The van der Waals surface area contributed by atoms with Crippen LogP contribution in [0.1, 0.15) is 40.0 Å². The van der Waals surface area contributed by atoms with E-state index >= 15 is 0 Å². The van der Waals surface area contributed by atoms with E-state index in [0.29, 0.717) is 17.4 Å². The number of carbonyl (C=O) groups excluding carboxylic acids is 3. The van der Waals surface area contributed by atoms with Crippen molar-refractivity contribution in [2.24, 2.45) is 16.2 Å². The molecule has 1 aromatic heterocycles. The number of ether oxygens (including phenoxy) is 1. The molecule has 1 aliphatic carbocycles. The molecule has 7 nitrogen and oxygen atoms in total. The molecule has 146 valence electrons. The number of fused-ring (bicyclic) bond motifs is 3. The summed E-state index contributed by atoms with van der Waals surface area (Å²) in [6.45, 7) is 5.29. The lowest BCUT2D eigenvalue weighted by Crippen LogP contribution is -2.63. The first-order valence-electron chi connectivity index (χ1n) is 9.15. The van der Waals surface area contributed by atoms with Crippen molar-refractivity contribution in [2.45, 2.75) is 40.0 Å². The average molecular weight is 383 g/mol. The molecule has 2 bridgehead atoms. The van der Waals surface area contributed by atoms with E-state index in [1.807, 2.05) is 0 Å². The highest BCUT2D eigenvalue weighted by atomic mass is 16.5. The summed E-state index contributed by atoms with van der Waals surface area (Å²) in [5, 5.41) is 3.15. The summed E-state index contributed by atoms with van der Waals surface area (Å²) in [4.78, 5) is 49.3. The second kappa shape index (κ2) is 5.77. The molecule has 1 unspecified atom stereocenters. The smallest absolute Gasteiger partial charge is 0.336 e. The predicted molar refractivity (Wildman–Crippen MR) is 99.4 cm³/mol. The van der Waals surface area contributed by atoms with Crippen molar-refractivity contribution in [3.8, 4) is 5.75 Å². The van der Waals surface area contributed by atoms with Gasteiger partial charge < -0.3 is 9.15 Å². The number of esters is 1. The van der Waals surface area contributed by atoms with Crippen LogP contribution in [0.25, 0.3) is 11.0 Å². The average Bonchev–Trinajstić information content (AvgIpc) is 2.59. The molecule has 28 heavy (non-hydrogen) atoms. The Balaban J connectivity index is 1.65. The van der Waals surface area contributed by atoms with E-state index in [9.17, 15) is 19.2 Å². The van der Waals surface area contributed by atoms with E-state index in [4.69, 9.17) is 9.15 Å². The molecule has 1 saturated heterocycles. The van der Waals surface area contributed by atoms with Gasteiger partial charge in [-0.25, -0.2) is 4.79 Å². The van der Waals surface area contributed by atoms with Crippen LogP contribution >= 0.6 is 0 Å². The number of nitrogens with one attached hydrogen (secondary N) is 1. The molecule has 2 aliphatic rings. The highest BCUT2D eigenvalue weighted by Crippen LogP contribution is 2.56. The molecule has 3 atom stereocenters. The zero-order valence-corrected chi connectivity index (χ0v) is 16.0. The maximum absolute atomic E-state index is 13.1. The summed E-state index contributed by atoms with van der Waals surface area (Å²) in [5.74, 6) is -0.956. The third-order valence-electron chi connectivity index (χ3n) is 5.96. The van der Waals surface area contributed by atoms with Gasteiger partial charge in [-0.1, -0.05) is 13.8 Å². The first-order valence-corrected chi connectivity index (χ1v) is 9.15. The van der Waals surface area contributed by atoms with E-state index in [1.54, 1.807) is 39.0 Å². The summed E-state index contributed by atoms with van der Waals surface area (Å²) in [7, 11) is 0. The Bertz CT molecular complexity index is 1060. The Kier molecular flexibility index (Phi) is 3.79. The van der Waals surface area contributed by atoms with Gasteiger partial charge in [0.1, 0.15) is 11.3 Å². The topological polar surface area (TPSA) is 103 Å². The van der Waals surface area contributed by atoms with Crippen LogP contribution in [0.5, 0.6) is 5.75 Å². The van der Waals surface area contributed by atoms with Crippen molar-refractivity contribution >= 4 is 28.8 Å². The van der Waals surface area contributed by atoms with E-state index in [-0.39, 0.29) is 30.4 Å². The molecule has 2 amide bonds. The molecule has 2 aromatic rings. The molecule has 7 heteroatoms. The fourth-order valence-electron chi connectivity index (χ4n) is 4.98. The van der Waals surface area contributed by atoms with Gasteiger partial charge in [0, 0.05) is 28.3 Å². The second-order valence-electron chi connectivity index (χ2n) is 8.84. The monoisotopic (exact) mass is 383 g/mol. The van der Waals surface area contributed by atoms with Crippen molar-refractivity contribution in [1.82, 2.24) is 5.32 Å². The van der Waals surface area contributed by atoms with Gasteiger partial charge in [0.2, 0.25) is 11.8 Å². The van der Waals surface area contributed by atoms with Crippen molar-refractivity contribution in [3.63, 3.8) is 0 Å². The molecule has 1 aliphatic heterocycles. The summed E-state index contributed by atoms with van der Waals surface area (Å²) in [5.41, 5.74) is -2.80. The van der Waals surface area contributed by atoms with E-state index in [2.05, 4.69) is 5.32 Å². The minimum Gasteiger partial charge on any atom is -0.426 e. The lowest BCUT2D eigenvalue weighted by molar-refractivity contribution is -0.169. The minimum atomic E-state index is -0.998. The van der Waals surface area contributed by atoms with E-state index < -0.39 is 27.8 Å². The fraction of sp³-hybridized carbons (Fsp3) is 0.429. The number of amides is 2. The number of carbonyl (C=O) groups is 3. The van der Waals surface area contributed by atoms with Gasteiger partial charge in [-0.15, -0.1) is 0 Å². The number of benzene rings is 1. The molecule has 0 spiro atoms. The third-order valence-corrected chi connectivity index (χ3v) is 5.96. The number of rotatable bonds is 2. The molecule has 4 rings (SSSR count). The summed E-state index contributed by atoms with van der Waals surface area (Å²) in [6.07, 6.45) is 0.987. The maximum Gasteiger partial charge on any atom is 0.336 e. The maximum atomic E-state index is 13.1. The summed E-state index contributed by atoms with van der Waals surface area (Å²) >= 11 is 0.